The van der Waals surface area contributed by atoms with Gasteiger partial charge in [-0.05, 0) is 67.8 Å². The summed E-state index contributed by atoms with van der Waals surface area (Å²) >= 11 is 0. The number of nitrogens with zero attached hydrogens (tertiary/aromatic N) is 2. The summed E-state index contributed by atoms with van der Waals surface area (Å²) in [6, 6.07) is 7.92. The molecule has 0 spiro atoms. The van der Waals surface area contributed by atoms with Gasteiger partial charge in [-0.2, -0.15) is 0 Å². The second-order valence-corrected chi connectivity index (χ2v) is 9.40. The number of likely N-dealkylation sites (tertiary alicyclic amines) is 1. The minimum absolute atomic E-state index is 0.0124. The number of sulfone groups is 1. The summed E-state index contributed by atoms with van der Waals surface area (Å²) in [5.41, 5.74) is 2.02. The molecule has 150 valence electrons. The highest BCUT2D eigenvalue weighted by Crippen LogP contribution is 2.35. The molecule has 0 unspecified atom stereocenters. The molecule has 0 bridgehead atoms. The molecule has 1 fully saturated rings. The van der Waals surface area contributed by atoms with Crippen molar-refractivity contribution in [3.05, 3.63) is 53.6 Å². The van der Waals surface area contributed by atoms with Crippen LogP contribution in [0, 0.1) is 11.6 Å². The van der Waals surface area contributed by atoms with E-state index in [0.717, 1.165) is 74.9 Å². The lowest BCUT2D eigenvalue weighted by Gasteiger charge is -2.37. The van der Waals surface area contributed by atoms with Crippen molar-refractivity contribution >= 4 is 15.5 Å². The maximum Gasteiger partial charge on any atom is 0.209 e. The predicted molar refractivity (Wildman–Crippen MR) is 104 cm³/mol. The molecule has 28 heavy (non-hydrogen) atoms. The van der Waals surface area contributed by atoms with Crippen LogP contribution in [0.5, 0.6) is 0 Å². The highest BCUT2D eigenvalue weighted by Gasteiger charge is 2.31. The molecule has 0 aliphatic carbocycles. The van der Waals surface area contributed by atoms with Crippen LogP contribution in [0.1, 0.15) is 25.3 Å². The summed E-state index contributed by atoms with van der Waals surface area (Å²) in [6.45, 7) is 6.27. The lowest BCUT2D eigenvalue weighted by atomic mass is 10.0. The van der Waals surface area contributed by atoms with Crippen LogP contribution >= 0.6 is 0 Å². The minimum atomic E-state index is -4.11. The molecule has 4 rings (SSSR count). The zero-order chi connectivity index (χ0) is 19.9. The van der Waals surface area contributed by atoms with Gasteiger partial charge in [-0.15, -0.1) is 0 Å². The fourth-order valence-electron chi connectivity index (χ4n) is 4.31. The van der Waals surface area contributed by atoms with Crippen LogP contribution in [0.25, 0.3) is 0 Å². The molecule has 0 radical (unpaired) electrons. The number of fused-ring (bicyclic) bond motifs is 1. The van der Waals surface area contributed by atoms with E-state index in [2.05, 4.69) is 16.7 Å². The largest absolute Gasteiger partial charge is 0.368 e. The minimum Gasteiger partial charge on any atom is -0.368 e. The number of hydrogen-bond donors (Lipinski definition) is 0. The van der Waals surface area contributed by atoms with Crippen LogP contribution in [-0.2, 0) is 16.3 Å². The Bertz CT molecular complexity index is 986. The summed E-state index contributed by atoms with van der Waals surface area (Å²) in [4.78, 5) is 4.21. The standard InChI is InChI=1S/C21H24F2N2O2S/c1-2-24-10-8-17(9-11-24)25-12-7-15-13-18(4-6-20(15)25)28(26,27)21-14-16(22)3-5-19(21)23/h3-6,13-14,17H,2,7-12H2,1H3. The van der Waals surface area contributed by atoms with E-state index in [-0.39, 0.29) is 4.90 Å². The molecule has 2 aromatic rings. The zero-order valence-corrected chi connectivity index (χ0v) is 16.7. The van der Waals surface area contributed by atoms with Crippen molar-refractivity contribution in [3.63, 3.8) is 0 Å². The highest BCUT2D eigenvalue weighted by molar-refractivity contribution is 7.91. The van der Waals surface area contributed by atoms with Gasteiger partial charge in [0.25, 0.3) is 0 Å². The van der Waals surface area contributed by atoms with Gasteiger partial charge in [-0.25, -0.2) is 17.2 Å². The third-order valence-corrected chi connectivity index (χ3v) is 7.69. The summed E-state index contributed by atoms with van der Waals surface area (Å²) in [5, 5.41) is 0. The van der Waals surface area contributed by atoms with Gasteiger partial charge in [0.2, 0.25) is 9.84 Å². The summed E-state index contributed by atoms with van der Waals surface area (Å²) in [6.07, 6.45) is 2.96. The number of rotatable bonds is 4. The monoisotopic (exact) mass is 406 g/mol. The van der Waals surface area contributed by atoms with Crippen LogP contribution < -0.4 is 4.90 Å². The summed E-state index contributed by atoms with van der Waals surface area (Å²) in [7, 11) is -4.11. The van der Waals surface area contributed by atoms with Crippen molar-refractivity contribution in [2.45, 2.75) is 42.0 Å². The molecule has 2 aromatic carbocycles. The summed E-state index contributed by atoms with van der Waals surface area (Å²) in [5.74, 6) is -1.71. The van der Waals surface area contributed by atoms with Crippen LogP contribution in [-0.4, -0.2) is 45.5 Å². The van der Waals surface area contributed by atoms with Crippen LogP contribution in [0.3, 0.4) is 0 Å². The Balaban J connectivity index is 1.61. The first kappa shape index (κ1) is 19.3. The van der Waals surface area contributed by atoms with Gasteiger partial charge in [-0.1, -0.05) is 6.92 Å². The van der Waals surface area contributed by atoms with Gasteiger partial charge < -0.3 is 9.80 Å². The molecule has 0 N–H and O–H groups in total. The van der Waals surface area contributed by atoms with Crippen molar-refractivity contribution in [1.29, 1.82) is 0 Å². The lowest BCUT2D eigenvalue weighted by Crippen LogP contribution is -2.44. The van der Waals surface area contributed by atoms with Gasteiger partial charge in [-0.3, -0.25) is 0 Å². The van der Waals surface area contributed by atoms with Crippen molar-refractivity contribution < 1.29 is 17.2 Å². The number of hydrogen-bond acceptors (Lipinski definition) is 4. The topological polar surface area (TPSA) is 40.6 Å². The molecule has 0 atom stereocenters. The average molecular weight is 406 g/mol. The number of piperidine rings is 1. The fraction of sp³-hybridized carbons (Fsp3) is 0.429. The van der Waals surface area contributed by atoms with Crippen molar-refractivity contribution in [2.24, 2.45) is 0 Å². The fourth-order valence-corrected chi connectivity index (χ4v) is 5.70. The van der Waals surface area contributed by atoms with Crippen LogP contribution in [0.4, 0.5) is 14.5 Å². The second-order valence-electron chi connectivity index (χ2n) is 7.48. The number of anilines is 1. The highest BCUT2D eigenvalue weighted by atomic mass is 32.2. The van der Waals surface area contributed by atoms with Gasteiger partial charge in [0.15, 0.2) is 0 Å². The van der Waals surface area contributed by atoms with Gasteiger partial charge >= 0.3 is 0 Å². The molecule has 0 aromatic heterocycles. The first-order valence-electron chi connectivity index (χ1n) is 9.72. The molecular formula is C21H24F2N2O2S. The summed E-state index contributed by atoms with van der Waals surface area (Å²) < 4.78 is 53.2. The van der Waals surface area contributed by atoms with Crippen molar-refractivity contribution in [2.75, 3.05) is 31.1 Å². The van der Waals surface area contributed by atoms with Crippen LogP contribution in [0.2, 0.25) is 0 Å². The van der Waals surface area contributed by atoms with Gasteiger partial charge in [0.1, 0.15) is 16.5 Å². The third-order valence-electron chi connectivity index (χ3n) is 5.92. The molecule has 7 heteroatoms. The maximum atomic E-state index is 14.0. The molecule has 0 amide bonds. The Kier molecular flexibility index (Phi) is 5.14. The Morgan fingerprint density at radius 2 is 1.79 bits per heavy atom. The molecule has 2 heterocycles. The number of benzene rings is 2. The molecule has 2 aliphatic rings. The van der Waals surface area contributed by atoms with E-state index in [1.807, 2.05) is 6.07 Å². The SMILES string of the molecule is CCN1CCC(N2CCc3cc(S(=O)(=O)c4cc(F)ccc4F)ccc32)CC1. The third kappa shape index (κ3) is 3.42. The van der Waals surface area contributed by atoms with E-state index in [9.17, 15) is 17.2 Å². The van der Waals surface area contributed by atoms with E-state index in [0.29, 0.717) is 6.04 Å². The molecular weight excluding hydrogens is 382 g/mol. The molecule has 4 nitrogen and oxygen atoms in total. The molecule has 1 saturated heterocycles. The zero-order valence-electron chi connectivity index (χ0n) is 15.9. The quantitative estimate of drug-likeness (QED) is 0.777. The lowest BCUT2D eigenvalue weighted by molar-refractivity contribution is 0.219. The van der Waals surface area contributed by atoms with E-state index < -0.39 is 26.4 Å². The predicted octanol–water partition coefficient (Wildman–Crippen LogP) is 3.64. The average Bonchev–Trinajstić information content (AvgIpc) is 3.13. The van der Waals surface area contributed by atoms with E-state index in [4.69, 9.17) is 0 Å². The molecule has 2 aliphatic heterocycles. The van der Waals surface area contributed by atoms with Gasteiger partial charge in [0.05, 0.1) is 4.90 Å². The molecule has 0 saturated carbocycles. The second kappa shape index (κ2) is 7.44. The smallest absolute Gasteiger partial charge is 0.209 e. The van der Waals surface area contributed by atoms with E-state index >= 15 is 0 Å². The Hall–Kier alpha value is -1.99. The van der Waals surface area contributed by atoms with Crippen LogP contribution in [0.15, 0.2) is 46.2 Å². The van der Waals surface area contributed by atoms with Crippen molar-refractivity contribution in [3.8, 4) is 0 Å². The van der Waals surface area contributed by atoms with Crippen molar-refractivity contribution in [1.82, 2.24) is 4.90 Å². The van der Waals surface area contributed by atoms with Gasteiger partial charge in [0, 0.05) is 31.4 Å². The maximum absolute atomic E-state index is 14.0. The number of halogens is 2. The van der Waals surface area contributed by atoms with E-state index in [1.165, 1.54) is 6.07 Å². The Morgan fingerprint density at radius 1 is 1.04 bits per heavy atom. The van der Waals surface area contributed by atoms with E-state index in [1.54, 1.807) is 6.07 Å². The first-order valence-corrected chi connectivity index (χ1v) is 11.2. The normalized spacial score (nSPS) is 18.5. The Labute approximate surface area is 164 Å². The first-order chi connectivity index (χ1) is 13.4. The Morgan fingerprint density at radius 3 is 2.50 bits per heavy atom.